The molecule has 0 spiro atoms. The number of nitrogens with zero attached hydrogens (tertiary/aromatic N) is 2. The molecule has 5 nitrogen and oxygen atoms in total. The lowest BCUT2D eigenvalue weighted by Crippen LogP contribution is -2.37. The molecule has 2 aliphatic rings. The first-order chi connectivity index (χ1) is 10.2. The molecule has 1 unspecified atom stereocenters. The van der Waals surface area contributed by atoms with Crippen molar-refractivity contribution in [2.75, 3.05) is 13.1 Å². The van der Waals surface area contributed by atoms with Crippen LogP contribution >= 0.6 is 11.3 Å². The fourth-order valence-corrected chi connectivity index (χ4v) is 3.89. The summed E-state index contributed by atoms with van der Waals surface area (Å²) in [4.78, 5) is 30.4. The Bertz CT molecular complexity index is 497. The Morgan fingerprint density at radius 1 is 1.43 bits per heavy atom. The zero-order valence-electron chi connectivity index (χ0n) is 12.1. The van der Waals surface area contributed by atoms with Crippen molar-refractivity contribution in [2.45, 2.75) is 44.6 Å². The lowest BCUT2D eigenvalue weighted by atomic mass is 10.1. The van der Waals surface area contributed by atoms with Gasteiger partial charge in [0.05, 0.1) is 17.1 Å². The average Bonchev–Trinajstić information content (AvgIpc) is 3.19. The zero-order chi connectivity index (χ0) is 14.7. The highest BCUT2D eigenvalue weighted by Gasteiger charge is 2.38. The Balaban J connectivity index is 1.46. The maximum atomic E-state index is 12.2. The number of rotatable bonds is 5. The van der Waals surface area contributed by atoms with Crippen LogP contribution in [0.15, 0.2) is 10.9 Å². The lowest BCUT2D eigenvalue weighted by Gasteiger charge is -2.23. The van der Waals surface area contributed by atoms with Gasteiger partial charge >= 0.3 is 0 Å². The van der Waals surface area contributed by atoms with Gasteiger partial charge in [0, 0.05) is 37.4 Å². The molecule has 0 bridgehead atoms. The first-order valence-electron chi connectivity index (χ1n) is 7.68. The normalized spacial score (nSPS) is 23.0. The minimum absolute atomic E-state index is 0.0130. The van der Waals surface area contributed by atoms with E-state index < -0.39 is 0 Å². The third-order valence-corrected chi connectivity index (χ3v) is 5.09. The molecule has 0 aromatic carbocycles. The number of amides is 2. The second-order valence-corrected chi connectivity index (χ2v) is 6.62. The number of carbonyl (C=O) groups excluding carboxylic acids is 2. The van der Waals surface area contributed by atoms with E-state index in [0.29, 0.717) is 25.6 Å². The Labute approximate surface area is 128 Å². The first kappa shape index (κ1) is 14.5. The molecule has 1 aliphatic heterocycles. The van der Waals surface area contributed by atoms with E-state index in [1.54, 1.807) is 16.8 Å². The van der Waals surface area contributed by atoms with E-state index in [-0.39, 0.29) is 17.7 Å². The predicted octanol–water partition coefficient (Wildman–Crippen LogP) is 1.59. The summed E-state index contributed by atoms with van der Waals surface area (Å²) < 4.78 is 0. The van der Waals surface area contributed by atoms with Gasteiger partial charge in [0.1, 0.15) is 0 Å². The summed E-state index contributed by atoms with van der Waals surface area (Å²) >= 11 is 1.56. The second-order valence-electron chi connectivity index (χ2n) is 5.91. The summed E-state index contributed by atoms with van der Waals surface area (Å²) in [6.45, 7) is 1.20. The van der Waals surface area contributed by atoms with Gasteiger partial charge in [0.25, 0.3) is 0 Å². The standard InChI is InChI=1S/C15H21N3O2S/c19-14-7-11(8-18(14)13-3-1-2-4-13)15(20)16-6-5-12-9-21-10-17-12/h9-11,13H,1-8H2,(H,16,20). The number of nitrogens with one attached hydrogen (secondary N) is 1. The number of aromatic nitrogens is 1. The summed E-state index contributed by atoms with van der Waals surface area (Å²) in [5, 5.41) is 4.93. The van der Waals surface area contributed by atoms with Crippen molar-refractivity contribution in [3.63, 3.8) is 0 Å². The smallest absolute Gasteiger partial charge is 0.225 e. The number of hydrogen-bond donors (Lipinski definition) is 1. The van der Waals surface area contributed by atoms with Crippen molar-refractivity contribution >= 4 is 23.2 Å². The highest BCUT2D eigenvalue weighted by Crippen LogP contribution is 2.29. The first-order valence-corrected chi connectivity index (χ1v) is 8.62. The molecule has 3 rings (SSSR count). The fraction of sp³-hybridized carbons (Fsp3) is 0.667. The third-order valence-electron chi connectivity index (χ3n) is 4.46. The maximum absolute atomic E-state index is 12.2. The second kappa shape index (κ2) is 6.56. The van der Waals surface area contributed by atoms with E-state index in [9.17, 15) is 9.59 Å². The summed E-state index contributed by atoms with van der Waals surface area (Å²) in [5.41, 5.74) is 2.81. The van der Waals surface area contributed by atoms with Gasteiger partial charge in [0.15, 0.2) is 0 Å². The molecular weight excluding hydrogens is 286 g/mol. The molecular formula is C15H21N3O2S. The van der Waals surface area contributed by atoms with Crippen LogP contribution < -0.4 is 5.32 Å². The Kier molecular flexibility index (Phi) is 4.53. The molecule has 1 atom stereocenters. The molecule has 1 aromatic heterocycles. The molecule has 1 saturated heterocycles. The van der Waals surface area contributed by atoms with Crippen molar-refractivity contribution < 1.29 is 9.59 Å². The SMILES string of the molecule is O=C(NCCc1cscn1)C1CC(=O)N(C2CCCC2)C1. The van der Waals surface area contributed by atoms with E-state index in [2.05, 4.69) is 10.3 Å². The lowest BCUT2D eigenvalue weighted by molar-refractivity contribution is -0.130. The molecule has 1 aromatic rings. The summed E-state index contributed by atoms with van der Waals surface area (Å²) in [7, 11) is 0. The van der Waals surface area contributed by atoms with Crippen LogP contribution in [-0.2, 0) is 16.0 Å². The zero-order valence-corrected chi connectivity index (χ0v) is 12.9. The Hall–Kier alpha value is -1.43. The predicted molar refractivity (Wildman–Crippen MR) is 80.9 cm³/mol. The number of hydrogen-bond acceptors (Lipinski definition) is 4. The van der Waals surface area contributed by atoms with Gasteiger partial charge in [-0.2, -0.15) is 0 Å². The maximum Gasteiger partial charge on any atom is 0.225 e. The third kappa shape index (κ3) is 3.43. The van der Waals surface area contributed by atoms with Crippen molar-refractivity contribution in [3.05, 3.63) is 16.6 Å². The van der Waals surface area contributed by atoms with Gasteiger partial charge in [-0.05, 0) is 12.8 Å². The van der Waals surface area contributed by atoms with Gasteiger partial charge in [-0.3, -0.25) is 9.59 Å². The topological polar surface area (TPSA) is 62.3 Å². The quantitative estimate of drug-likeness (QED) is 0.898. The highest BCUT2D eigenvalue weighted by atomic mass is 32.1. The van der Waals surface area contributed by atoms with Crippen LogP contribution in [0.5, 0.6) is 0 Å². The summed E-state index contributed by atoms with van der Waals surface area (Å²) in [6, 6.07) is 0.380. The minimum Gasteiger partial charge on any atom is -0.355 e. The van der Waals surface area contributed by atoms with Crippen molar-refractivity contribution in [1.29, 1.82) is 0 Å². The highest BCUT2D eigenvalue weighted by molar-refractivity contribution is 7.07. The molecule has 6 heteroatoms. The Morgan fingerprint density at radius 2 is 2.24 bits per heavy atom. The van der Waals surface area contributed by atoms with E-state index in [1.165, 1.54) is 12.8 Å². The summed E-state index contributed by atoms with van der Waals surface area (Å²) in [5.74, 6) is -0.00541. The van der Waals surface area contributed by atoms with Crippen LogP contribution in [0, 0.1) is 5.92 Å². The minimum atomic E-state index is -0.173. The molecule has 1 saturated carbocycles. The van der Waals surface area contributed by atoms with Crippen molar-refractivity contribution in [2.24, 2.45) is 5.92 Å². The number of likely N-dealkylation sites (tertiary alicyclic amines) is 1. The van der Waals surface area contributed by atoms with Crippen molar-refractivity contribution in [1.82, 2.24) is 15.2 Å². The van der Waals surface area contributed by atoms with E-state index in [1.807, 2.05) is 10.3 Å². The van der Waals surface area contributed by atoms with Crippen molar-refractivity contribution in [3.8, 4) is 0 Å². The van der Waals surface area contributed by atoms with Gasteiger partial charge in [-0.25, -0.2) is 4.98 Å². The van der Waals surface area contributed by atoms with Crippen LogP contribution in [-0.4, -0.2) is 40.8 Å². The molecule has 1 N–H and O–H groups in total. The largest absolute Gasteiger partial charge is 0.355 e. The molecule has 2 heterocycles. The molecule has 114 valence electrons. The monoisotopic (exact) mass is 307 g/mol. The Morgan fingerprint density at radius 3 is 2.95 bits per heavy atom. The van der Waals surface area contributed by atoms with Crippen LogP contribution in [0.4, 0.5) is 0 Å². The van der Waals surface area contributed by atoms with Gasteiger partial charge in [0.2, 0.25) is 11.8 Å². The molecule has 1 aliphatic carbocycles. The summed E-state index contributed by atoms with van der Waals surface area (Å²) in [6.07, 6.45) is 5.74. The van der Waals surface area contributed by atoms with Gasteiger partial charge < -0.3 is 10.2 Å². The van der Waals surface area contributed by atoms with E-state index >= 15 is 0 Å². The van der Waals surface area contributed by atoms with Crippen LogP contribution in [0.3, 0.4) is 0 Å². The molecule has 0 radical (unpaired) electrons. The van der Waals surface area contributed by atoms with Crippen LogP contribution in [0.1, 0.15) is 37.8 Å². The number of thiazole rings is 1. The van der Waals surface area contributed by atoms with Gasteiger partial charge in [-0.1, -0.05) is 12.8 Å². The van der Waals surface area contributed by atoms with E-state index in [0.717, 1.165) is 25.0 Å². The average molecular weight is 307 g/mol. The fourth-order valence-electron chi connectivity index (χ4n) is 3.30. The van der Waals surface area contributed by atoms with Crippen LogP contribution in [0.2, 0.25) is 0 Å². The molecule has 2 amide bonds. The molecule has 21 heavy (non-hydrogen) atoms. The number of carbonyl (C=O) groups is 2. The molecule has 2 fully saturated rings. The van der Waals surface area contributed by atoms with E-state index in [4.69, 9.17) is 0 Å². The van der Waals surface area contributed by atoms with Crippen LogP contribution in [0.25, 0.3) is 0 Å². The van der Waals surface area contributed by atoms with Gasteiger partial charge in [-0.15, -0.1) is 11.3 Å².